The van der Waals surface area contributed by atoms with E-state index in [2.05, 4.69) is 10.4 Å². The maximum Gasteiger partial charge on any atom is 0.124 e. The van der Waals surface area contributed by atoms with Gasteiger partial charge in [0.05, 0.1) is 11.0 Å². The van der Waals surface area contributed by atoms with Crippen LogP contribution >= 0.6 is 22.9 Å². The molecular weight excluding hydrogens is 273 g/mol. The molecule has 3 nitrogen and oxygen atoms in total. The van der Waals surface area contributed by atoms with Crippen LogP contribution in [0.25, 0.3) is 0 Å². The molecule has 1 atom stereocenters. The molecule has 0 spiro atoms. The van der Waals surface area contributed by atoms with Crippen LogP contribution in [0.3, 0.4) is 0 Å². The molecule has 0 aliphatic rings. The zero-order valence-electron chi connectivity index (χ0n) is 9.78. The summed E-state index contributed by atoms with van der Waals surface area (Å²) in [7, 11) is 0. The minimum absolute atomic E-state index is 0.0702. The molecule has 3 N–H and O–H groups in total. The fraction of sp³-hybridized carbons (Fsp3) is 0.250. The molecule has 0 saturated heterocycles. The minimum Gasteiger partial charge on any atom is -0.271 e. The average Bonchev–Trinajstić information content (AvgIpc) is 2.75. The Morgan fingerprint density at radius 2 is 2.33 bits per heavy atom. The van der Waals surface area contributed by atoms with E-state index in [1.165, 1.54) is 12.1 Å². The van der Waals surface area contributed by atoms with Crippen molar-refractivity contribution in [3.63, 3.8) is 0 Å². The molecule has 18 heavy (non-hydrogen) atoms. The number of rotatable bonds is 4. The standard InChI is InChI=1S/C12H13ClFN3S/c1-7-16-6-12(18-7)11(17-15)4-8-2-3-9(14)5-10(8)13/h2-3,5-6,11,17H,4,15H2,1H3. The van der Waals surface area contributed by atoms with Crippen LogP contribution in [-0.4, -0.2) is 4.98 Å². The molecule has 2 rings (SSSR count). The van der Waals surface area contributed by atoms with Gasteiger partial charge in [-0.3, -0.25) is 11.3 Å². The fourth-order valence-corrected chi connectivity index (χ4v) is 2.78. The van der Waals surface area contributed by atoms with E-state index in [4.69, 9.17) is 17.4 Å². The number of nitrogens with two attached hydrogens (primary N) is 1. The molecule has 1 heterocycles. The molecule has 0 bridgehead atoms. The van der Waals surface area contributed by atoms with Gasteiger partial charge in [-0.05, 0) is 31.0 Å². The Labute approximate surface area is 114 Å². The van der Waals surface area contributed by atoms with Gasteiger partial charge in [0.15, 0.2) is 0 Å². The summed E-state index contributed by atoms with van der Waals surface area (Å²) in [4.78, 5) is 5.23. The summed E-state index contributed by atoms with van der Waals surface area (Å²) in [5, 5.41) is 1.40. The Morgan fingerprint density at radius 1 is 1.56 bits per heavy atom. The van der Waals surface area contributed by atoms with Crippen molar-refractivity contribution in [2.24, 2.45) is 5.84 Å². The van der Waals surface area contributed by atoms with Crippen LogP contribution < -0.4 is 11.3 Å². The largest absolute Gasteiger partial charge is 0.271 e. The second-order valence-corrected chi connectivity index (χ2v) is 5.61. The molecule has 1 aromatic heterocycles. The van der Waals surface area contributed by atoms with Gasteiger partial charge in [0, 0.05) is 16.1 Å². The highest BCUT2D eigenvalue weighted by molar-refractivity contribution is 7.11. The highest BCUT2D eigenvalue weighted by Gasteiger charge is 2.15. The fourth-order valence-electron chi connectivity index (χ4n) is 1.69. The summed E-state index contributed by atoms with van der Waals surface area (Å²) in [6.45, 7) is 1.94. The van der Waals surface area contributed by atoms with E-state index in [1.54, 1.807) is 23.6 Å². The Kier molecular flexibility index (Phi) is 4.29. The van der Waals surface area contributed by atoms with Crippen LogP contribution in [-0.2, 0) is 6.42 Å². The summed E-state index contributed by atoms with van der Waals surface area (Å²) in [5.74, 6) is 5.22. The van der Waals surface area contributed by atoms with Crippen molar-refractivity contribution in [3.05, 3.63) is 50.7 Å². The van der Waals surface area contributed by atoms with Crippen LogP contribution in [0.15, 0.2) is 24.4 Å². The predicted octanol–water partition coefficient (Wildman–Crippen LogP) is 2.99. The van der Waals surface area contributed by atoms with Crippen molar-refractivity contribution >= 4 is 22.9 Å². The van der Waals surface area contributed by atoms with Crippen LogP contribution in [0, 0.1) is 12.7 Å². The second-order valence-electron chi connectivity index (χ2n) is 3.94. The molecule has 1 unspecified atom stereocenters. The van der Waals surface area contributed by atoms with E-state index >= 15 is 0 Å². The van der Waals surface area contributed by atoms with E-state index in [0.29, 0.717) is 11.4 Å². The third-order valence-corrected chi connectivity index (χ3v) is 4.00. The van der Waals surface area contributed by atoms with E-state index in [-0.39, 0.29) is 11.9 Å². The van der Waals surface area contributed by atoms with Crippen LogP contribution in [0.2, 0.25) is 5.02 Å². The number of thiazole rings is 1. The van der Waals surface area contributed by atoms with Gasteiger partial charge >= 0.3 is 0 Å². The van der Waals surface area contributed by atoms with Gasteiger partial charge in [-0.2, -0.15) is 0 Å². The third-order valence-electron chi connectivity index (χ3n) is 2.62. The second kappa shape index (κ2) is 5.75. The van der Waals surface area contributed by atoms with Crippen molar-refractivity contribution in [2.45, 2.75) is 19.4 Å². The highest BCUT2D eigenvalue weighted by Crippen LogP contribution is 2.26. The van der Waals surface area contributed by atoms with Crippen molar-refractivity contribution in [1.82, 2.24) is 10.4 Å². The average molecular weight is 286 g/mol. The number of benzene rings is 1. The molecule has 0 radical (unpaired) electrons. The van der Waals surface area contributed by atoms with Gasteiger partial charge < -0.3 is 0 Å². The summed E-state index contributed by atoms with van der Waals surface area (Å²) in [6.07, 6.45) is 2.39. The molecule has 0 amide bonds. The van der Waals surface area contributed by atoms with Crippen LogP contribution in [0.1, 0.15) is 21.5 Å². The SMILES string of the molecule is Cc1ncc(C(Cc2ccc(F)cc2Cl)NN)s1. The highest BCUT2D eigenvalue weighted by atomic mass is 35.5. The third kappa shape index (κ3) is 3.05. The lowest BCUT2D eigenvalue weighted by Gasteiger charge is -2.14. The molecule has 0 saturated carbocycles. The molecule has 2 aromatic rings. The molecule has 0 aliphatic heterocycles. The number of aromatic nitrogens is 1. The van der Waals surface area contributed by atoms with Gasteiger partial charge in [0.2, 0.25) is 0 Å². The van der Waals surface area contributed by atoms with Crippen molar-refractivity contribution in [3.8, 4) is 0 Å². The lowest BCUT2D eigenvalue weighted by Crippen LogP contribution is -2.29. The van der Waals surface area contributed by atoms with Gasteiger partial charge in [0.1, 0.15) is 5.82 Å². The first-order chi connectivity index (χ1) is 8.60. The maximum atomic E-state index is 13.0. The first-order valence-corrected chi connectivity index (χ1v) is 6.62. The first-order valence-electron chi connectivity index (χ1n) is 5.42. The number of hydrogen-bond acceptors (Lipinski definition) is 4. The van der Waals surface area contributed by atoms with Crippen molar-refractivity contribution in [1.29, 1.82) is 0 Å². The summed E-state index contributed by atoms with van der Waals surface area (Å²) in [5.41, 5.74) is 3.59. The lowest BCUT2D eigenvalue weighted by atomic mass is 10.1. The smallest absolute Gasteiger partial charge is 0.124 e. The number of hydrogen-bond donors (Lipinski definition) is 2. The Bertz CT molecular complexity index is 544. The van der Waals surface area contributed by atoms with Gasteiger partial charge in [-0.15, -0.1) is 11.3 Å². The van der Waals surface area contributed by atoms with Gasteiger partial charge in [-0.1, -0.05) is 17.7 Å². The minimum atomic E-state index is -0.338. The predicted molar refractivity (Wildman–Crippen MR) is 72.0 cm³/mol. The molecule has 96 valence electrons. The monoisotopic (exact) mass is 285 g/mol. The summed E-state index contributed by atoms with van der Waals surface area (Å²) >= 11 is 7.58. The Hall–Kier alpha value is -1.01. The number of aryl methyl sites for hydroxylation is 1. The topological polar surface area (TPSA) is 50.9 Å². The van der Waals surface area contributed by atoms with Crippen molar-refractivity contribution in [2.75, 3.05) is 0 Å². The number of halogens is 2. The Balaban J connectivity index is 2.20. The van der Waals surface area contributed by atoms with E-state index in [0.717, 1.165) is 15.4 Å². The van der Waals surface area contributed by atoms with Crippen LogP contribution in [0.5, 0.6) is 0 Å². The number of nitrogens with one attached hydrogen (secondary N) is 1. The lowest BCUT2D eigenvalue weighted by molar-refractivity contribution is 0.558. The quantitative estimate of drug-likeness (QED) is 0.671. The maximum absolute atomic E-state index is 13.0. The van der Waals surface area contributed by atoms with E-state index in [1.807, 2.05) is 6.92 Å². The number of hydrazine groups is 1. The van der Waals surface area contributed by atoms with Gasteiger partial charge in [-0.25, -0.2) is 9.37 Å². The number of nitrogens with zero attached hydrogens (tertiary/aromatic N) is 1. The normalized spacial score (nSPS) is 12.7. The molecule has 1 aromatic carbocycles. The van der Waals surface area contributed by atoms with Gasteiger partial charge in [0.25, 0.3) is 0 Å². The summed E-state index contributed by atoms with van der Waals surface area (Å²) in [6, 6.07) is 4.31. The summed E-state index contributed by atoms with van der Waals surface area (Å²) < 4.78 is 13.0. The molecule has 6 heteroatoms. The molecule has 0 aliphatic carbocycles. The van der Waals surface area contributed by atoms with Crippen molar-refractivity contribution < 1.29 is 4.39 Å². The zero-order chi connectivity index (χ0) is 13.1. The molecule has 0 fully saturated rings. The van der Waals surface area contributed by atoms with E-state index in [9.17, 15) is 4.39 Å². The Morgan fingerprint density at radius 3 is 2.89 bits per heavy atom. The zero-order valence-corrected chi connectivity index (χ0v) is 11.4. The first kappa shape index (κ1) is 13.4. The van der Waals surface area contributed by atoms with E-state index < -0.39 is 0 Å². The molecular formula is C12H13ClFN3S. The van der Waals surface area contributed by atoms with Crippen LogP contribution in [0.4, 0.5) is 4.39 Å².